The topological polar surface area (TPSA) is 155 Å². The summed E-state index contributed by atoms with van der Waals surface area (Å²) in [5.74, 6) is -1.04. The minimum atomic E-state index is -0.870. The first-order chi connectivity index (χ1) is 17.8. The molecule has 4 N–H and O–H groups in total. The highest BCUT2D eigenvalue weighted by Gasteiger charge is 2.42. The molecule has 0 bridgehead atoms. The molecule has 0 aliphatic rings. The third-order valence-corrected chi connectivity index (χ3v) is 6.55. The van der Waals surface area contributed by atoms with E-state index in [2.05, 4.69) is 10.6 Å². The highest BCUT2D eigenvalue weighted by atomic mass is 16.6. The van der Waals surface area contributed by atoms with E-state index >= 15 is 0 Å². The molecular formula is C27H51N3O8. The summed E-state index contributed by atoms with van der Waals surface area (Å²) in [5, 5.41) is 5.55. The van der Waals surface area contributed by atoms with Crippen molar-refractivity contribution in [3.63, 3.8) is 0 Å². The van der Waals surface area contributed by atoms with E-state index in [4.69, 9.17) is 24.7 Å². The number of esters is 2. The second kappa shape index (κ2) is 18.1. The van der Waals surface area contributed by atoms with E-state index in [-0.39, 0.29) is 31.0 Å². The normalized spacial score (nSPS) is 13.4. The molecule has 1 atom stereocenters. The van der Waals surface area contributed by atoms with Crippen LogP contribution < -0.4 is 16.4 Å². The molecule has 0 aromatic carbocycles. The van der Waals surface area contributed by atoms with Crippen LogP contribution in [-0.4, -0.2) is 83.0 Å². The zero-order valence-electron chi connectivity index (χ0n) is 24.5. The Kier molecular flexibility index (Phi) is 17.1. The molecule has 0 fully saturated rings. The minimum absolute atomic E-state index is 0.00588. The van der Waals surface area contributed by atoms with Gasteiger partial charge in [-0.3, -0.25) is 19.2 Å². The number of hydrogen-bond donors (Lipinski definition) is 3. The summed E-state index contributed by atoms with van der Waals surface area (Å²) in [6.07, 6.45) is 1.73. The van der Waals surface area contributed by atoms with E-state index in [9.17, 15) is 19.2 Å². The zero-order valence-corrected chi connectivity index (χ0v) is 24.5. The van der Waals surface area contributed by atoms with Crippen LogP contribution in [0.15, 0.2) is 0 Å². The molecule has 11 nitrogen and oxygen atoms in total. The van der Waals surface area contributed by atoms with Crippen molar-refractivity contribution in [1.82, 2.24) is 10.6 Å². The van der Waals surface area contributed by atoms with E-state index < -0.39 is 22.2 Å². The standard InChI is InChI=1S/C27H51N3O8/c1-8-25(3,4)23(33)37-18-19-38-24(34)27(7,9-2)20-26(5,6)22(32)30-13-15-36-17-16-35-14-12-29-21(31)10-11-28/h8-20,28H2,1-7H3,(H,29,31)(H,30,32). The van der Waals surface area contributed by atoms with Gasteiger partial charge in [0, 0.05) is 31.5 Å². The lowest BCUT2D eigenvalue weighted by atomic mass is 9.72. The van der Waals surface area contributed by atoms with Gasteiger partial charge in [0.05, 0.1) is 37.3 Å². The lowest BCUT2D eigenvalue weighted by Crippen LogP contribution is -2.44. The van der Waals surface area contributed by atoms with Crippen molar-refractivity contribution in [2.45, 2.75) is 74.1 Å². The van der Waals surface area contributed by atoms with Gasteiger partial charge in [-0.05, 0) is 40.0 Å². The third-order valence-electron chi connectivity index (χ3n) is 6.55. The zero-order chi connectivity index (χ0) is 29.2. The molecular weight excluding hydrogens is 494 g/mol. The SMILES string of the molecule is CCC(C)(C)C(=O)OCCOC(=O)C(C)(CC)CC(C)(C)C(=O)NCCOCCOCCNC(=O)CCN. The first-order valence-electron chi connectivity index (χ1n) is 13.5. The van der Waals surface area contributed by atoms with Crippen LogP contribution in [0, 0.1) is 16.2 Å². The first-order valence-corrected chi connectivity index (χ1v) is 13.5. The van der Waals surface area contributed by atoms with Crippen molar-refractivity contribution in [3.05, 3.63) is 0 Å². The molecule has 0 spiro atoms. The summed E-state index contributed by atoms with van der Waals surface area (Å²) in [4.78, 5) is 49.0. The van der Waals surface area contributed by atoms with Gasteiger partial charge in [0.1, 0.15) is 13.2 Å². The van der Waals surface area contributed by atoms with Gasteiger partial charge in [-0.15, -0.1) is 0 Å². The maximum atomic E-state index is 12.8. The molecule has 2 amide bonds. The van der Waals surface area contributed by atoms with Crippen LogP contribution >= 0.6 is 0 Å². The maximum Gasteiger partial charge on any atom is 0.311 e. The van der Waals surface area contributed by atoms with Gasteiger partial charge in [0.25, 0.3) is 0 Å². The van der Waals surface area contributed by atoms with Crippen molar-refractivity contribution in [2.24, 2.45) is 22.0 Å². The molecule has 222 valence electrons. The van der Waals surface area contributed by atoms with Crippen LogP contribution in [0.1, 0.15) is 74.1 Å². The van der Waals surface area contributed by atoms with Crippen LogP contribution in [0.3, 0.4) is 0 Å². The van der Waals surface area contributed by atoms with Crippen molar-refractivity contribution in [2.75, 3.05) is 59.3 Å². The van der Waals surface area contributed by atoms with E-state index in [1.54, 1.807) is 34.6 Å². The van der Waals surface area contributed by atoms with Gasteiger partial charge < -0.3 is 35.3 Å². The maximum absolute atomic E-state index is 12.8. The first kappa shape index (κ1) is 35.8. The Hall–Kier alpha value is -2.24. The van der Waals surface area contributed by atoms with E-state index in [1.165, 1.54) is 0 Å². The summed E-state index contributed by atoms with van der Waals surface area (Å²) in [6.45, 7) is 15.2. The van der Waals surface area contributed by atoms with Crippen molar-refractivity contribution < 1.29 is 38.1 Å². The molecule has 0 heterocycles. The van der Waals surface area contributed by atoms with Crippen LogP contribution in [0.2, 0.25) is 0 Å². The van der Waals surface area contributed by atoms with Gasteiger partial charge in [-0.1, -0.05) is 27.7 Å². The Morgan fingerprint density at radius 2 is 1.21 bits per heavy atom. The van der Waals surface area contributed by atoms with Crippen LogP contribution in [0.4, 0.5) is 0 Å². The number of ether oxygens (including phenoxy) is 4. The summed E-state index contributed by atoms with van der Waals surface area (Å²) in [6, 6.07) is 0. The fourth-order valence-electron chi connectivity index (χ4n) is 3.46. The average molecular weight is 546 g/mol. The fourth-order valence-corrected chi connectivity index (χ4v) is 3.46. The molecule has 1 unspecified atom stereocenters. The Morgan fingerprint density at radius 1 is 0.684 bits per heavy atom. The number of nitrogens with one attached hydrogen (secondary N) is 2. The third kappa shape index (κ3) is 14.1. The average Bonchev–Trinajstić information content (AvgIpc) is 2.86. The predicted molar refractivity (Wildman–Crippen MR) is 144 cm³/mol. The Bertz CT molecular complexity index is 742. The summed E-state index contributed by atoms with van der Waals surface area (Å²) >= 11 is 0. The van der Waals surface area contributed by atoms with E-state index in [0.717, 1.165) is 0 Å². The van der Waals surface area contributed by atoms with E-state index in [1.807, 2.05) is 13.8 Å². The van der Waals surface area contributed by atoms with Gasteiger partial charge in [0.15, 0.2) is 0 Å². The number of carbonyl (C=O) groups is 4. The lowest BCUT2D eigenvalue weighted by molar-refractivity contribution is -0.165. The fraction of sp³-hybridized carbons (Fsp3) is 0.852. The Labute approximate surface area is 228 Å². The summed E-state index contributed by atoms with van der Waals surface area (Å²) in [7, 11) is 0. The smallest absolute Gasteiger partial charge is 0.311 e. The molecule has 0 radical (unpaired) electrons. The van der Waals surface area contributed by atoms with Crippen molar-refractivity contribution >= 4 is 23.8 Å². The highest BCUT2D eigenvalue weighted by molar-refractivity contribution is 5.84. The molecule has 0 rings (SSSR count). The van der Waals surface area contributed by atoms with Crippen LogP contribution in [-0.2, 0) is 38.1 Å². The number of carbonyl (C=O) groups excluding carboxylic acids is 4. The Balaban J connectivity index is 4.31. The number of nitrogens with two attached hydrogens (primary N) is 1. The quantitative estimate of drug-likeness (QED) is 0.145. The molecule has 0 saturated carbocycles. The second-order valence-corrected chi connectivity index (χ2v) is 10.9. The van der Waals surface area contributed by atoms with Crippen LogP contribution in [0.25, 0.3) is 0 Å². The number of amides is 2. The van der Waals surface area contributed by atoms with Gasteiger partial charge >= 0.3 is 11.9 Å². The second-order valence-electron chi connectivity index (χ2n) is 10.9. The summed E-state index contributed by atoms with van der Waals surface area (Å²) in [5.41, 5.74) is 3.03. The predicted octanol–water partition coefficient (Wildman–Crippen LogP) is 1.96. The van der Waals surface area contributed by atoms with Gasteiger partial charge in [-0.2, -0.15) is 0 Å². The monoisotopic (exact) mass is 545 g/mol. The van der Waals surface area contributed by atoms with Crippen molar-refractivity contribution in [3.8, 4) is 0 Å². The van der Waals surface area contributed by atoms with Gasteiger partial charge in [-0.25, -0.2) is 0 Å². The van der Waals surface area contributed by atoms with E-state index in [0.29, 0.717) is 71.7 Å². The Morgan fingerprint density at radius 3 is 1.71 bits per heavy atom. The molecule has 0 aliphatic heterocycles. The minimum Gasteiger partial charge on any atom is -0.462 e. The van der Waals surface area contributed by atoms with Gasteiger partial charge in [0.2, 0.25) is 11.8 Å². The number of rotatable bonds is 21. The van der Waals surface area contributed by atoms with Crippen molar-refractivity contribution in [1.29, 1.82) is 0 Å². The summed E-state index contributed by atoms with van der Waals surface area (Å²) < 4.78 is 21.5. The molecule has 0 aromatic rings. The lowest BCUT2D eigenvalue weighted by Gasteiger charge is -2.34. The molecule has 38 heavy (non-hydrogen) atoms. The highest BCUT2D eigenvalue weighted by Crippen LogP contribution is 2.37. The molecule has 11 heteroatoms. The molecule has 0 saturated heterocycles. The number of hydrogen-bond acceptors (Lipinski definition) is 9. The largest absolute Gasteiger partial charge is 0.462 e. The molecule has 0 aromatic heterocycles. The van der Waals surface area contributed by atoms with Crippen LogP contribution in [0.5, 0.6) is 0 Å². The molecule has 0 aliphatic carbocycles.